The van der Waals surface area contributed by atoms with E-state index in [1.165, 1.54) is 0 Å². The van der Waals surface area contributed by atoms with E-state index in [4.69, 9.17) is 0 Å². The van der Waals surface area contributed by atoms with Gasteiger partial charge in [-0.3, -0.25) is 9.89 Å². The molecule has 0 spiro atoms. The molecule has 1 aromatic carbocycles. The molecular formula is C15H20N4O. The van der Waals surface area contributed by atoms with Crippen molar-refractivity contribution in [1.82, 2.24) is 20.4 Å². The second-order valence-corrected chi connectivity index (χ2v) is 5.34. The number of H-pyrrole nitrogens is 1. The van der Waals surface area contributed by atoms with Crippen molar-refractivity contribution in [2.24, 2.45) is 0 Å². The summed E-state index contributed by atoms with van der Waals surface area (Å²) in [6.07, 6.45) is 2.47. The van der Waals surface area contributed by atoms with Gasteiger partial charge in [0.1, 0.15) is 0 Å². The molecule has 1 amide bonds. The lowest BCUT2D eigenvalue weighted by molar-refractivity contribution is -0.131. The van der Waals surface area contributed by atoms with E-state index in [-0.39, 0.29) is 5.91 Å². The monoisotopic (exact) mass is 272 g/mol. The summed E-state index contributed by atoms with van der Waals surface area (Å²) in [5.41, 5.74) is 1.84. The highest BCUT2D eigenvalue weighted by atomic mass is 16.2. The summed E-state index contributed by atoms with van der Waals surface area (Å²) < 4.78 is 0. The summed E-state index contributed by atoms with van der Waals surface area (Å²) in [6.45, 7) is 1.69. The number of carbonyl (C=O) groups excluding carboxylic acids is 1. The minimum Gasteiger partial charge on any atom is -0.342 e. The van der Waals surface area contributed by atoms with Gasteiger partial charge in [0.2, 0.25) is 5.91 Å². The Kier molecular flexibility index (Phi) is 3.69. The smallest absolute Gasteiger partial charge is 0.228 e. The Balaban J connectivity index is 1.67. The summed E-state index contributed by atoms with van der Waals surface area (Å²) >= 11 is 0. The molecule has 106 valence electrons. The number of carbonyl (C=O) groups is 1. The Labute approximate surface area is 118 Å². The number of benzene rings is 1. The average molecular weight is 272 g/mol. The van der Waals surface area contributed by atoms with Crippen LogP contribution in [0.15, 0.2) is 24.3 Å². The van der Waals surface area contributed by atoms with Crippen molar-refractivity contribution in [2.75, 3.05) is 20.1 Å². The molecule has 1 aromatic heterocycles. The summed E-state index contributed by atoms with van der Waals surface area (Å²) in [4.78, 5) is 14.3. The molecule has 20 heavy (non-hydrogen) atoms. The zero-order valence-corrected chi connectivity index (χ0v) is 11.7. The van der Waals surface area contributed by atoms with Crippen molar-refractivity contribution in [3.05, 3.63) is 30.0 Å². The Morgan fingerprint density at radius 3 is 2.90 bits per heavy atom. The molecule has 0 bridgehead atoms. The molecule has 0 unspecified atom stereocenters. The predicted molar refractivity (Wildman–Crippen MR) is 78.5 cm³/mol. The lowest BCUT2D eigenvalue weighted by atomic mass is 10.0. The first-order valence-electron chi connectivity index (χ1n) is 7.15. The van der Waals surface area contributed by atoms with Crippen molar-refractivity contribution in [3.63, 3.8) is 0 Å². The number of aromatic amines is 1. The van der Waals surface area contributed by atoms with Crippen LogP contribution in [0.4, 0.5) is 0 Å². The third kappa shape index (κ3) is 2.54. The Morgan fingerprint density at radius 1 is 1.40 bits per heavy atom. The van der Waals surface area contributed by atoms with Gasteiger partial charge in [-0.15, -0.1) is 0 Å². The third-order valence-electron chi connectivity index (χ3n) is 4.12. The van der Waals surface area contributed by atoms with Gasteiger partial charge in [0, 0.05) is 24.5 Å². The molecule has 5 heteroatoms. The van der Waals surface area contributed by atoms with Crippen LogP contribution in [0.2, 0.25) is 0 Å². The summed E-state index contributed by atoms with van der Waals surface area (Å²) in [5.74, 6) is 0.189. The van der Waals surface area contributed by atoms with Crippen molar-refractivity contribution in [2.45, 2.75) is 25.3 Å². The fourth-order valence-electron chi connectivity index (χ4n) is 2.83. The normalized spacial score (nSPS) is 16.8. The fourth-order valence-corrected chi connectivity index (χ4v) is 2.83. The Morgan fingerprint density at radius 2 is 2.15 bits per heavy atom. The second-order valence-electron chi connectivity index (χ2n) is 5.34. The number of fused-ring (bicyclic) bond motifs is 1. The highest BCUT2D eigenvalue weighted by Gasteiger charge is 2.22. The molecule has 1 fully saturated rings. The van der Waals surface area contributed by atoms with Crippen LogP contribution in [-0.2, 0) is 11.2 Å². The van der Waals surface area contributed by atoms with E-state index in [9.17, 15) is 4.79 Å². The lowest BCUT2D eigenvalue weighted by Gasteiger charge is -2.31. The van der Waals surface area contributed by atoms with Crippen molar-refractivity contribution in [1.29, 1.82) is 0 Å². The van der Waals surface area contributed by atoms with Gasteiger partial charge in [-0.2, -0.15) is 5.10 Å². The average Bonchev–Trinajstić information content (AvgIpc) is 2.91. The van der Waals surface area contributed by atoms with Gasteiger partial charge < -0.3 is 10.2 Å². The molecule has 1 saturated heterocycles. The summed E-state index contributed by atoms with van der Waals surface area (Å²) in [5, 5.41) is 11.6. The number of rotatable bonds is 3. The van der Waals surface area contributed by atoms with Crippen LogP contribution < -0.4 is 5.32 Å². The van der Waals surface area contributed by atoms with E-state index in [1.54, 1.807) is 0 Å². The number of nitrogens with one attached hydrogen (secondary N) is 2. The number of aromatic nitrogens is 2. The number of amides is 1. The van der Waals surface area contributed by atoms with E-state index in [1.807, 2.05) is 36.2 Å². The topological polar surface area (TPSA) is 61.0 Å². The van der Waals surface area contributed by atoms with Crippen LogP contribution in [0.1, 0.15) is 18.5 Å². The highest BCUT2D eigenvalue weighted by molar-refractivity contribution is 5.87. The molecule has 0 aliphatic carbocycles. The standard InChI is InChI=1S/C15H20N4O/c1-16-11-6-8-19(9-7-11)15(20)10-14-12-4-2-3-5-13(12)17-18-14/h2-5,11,16H,6-10H2,1H3,(H,17,18). The molecule has 2 heterocycles. The number of piperidine rings is 1. The minimum absolute atomic E-state index is 0.189. The molecule has 1 aliphatic heterocycles. The van der Waals surface area contributed by atoms with Crippen LogP contribution >= 0.6 is 0 Å². The molecule has 0 saturated carbocycles. The van der Waals surface area contributed by atoms with E-state index < -0.39 is 0 Å². The fraction of sp³-hybridized carbons (Fsp3) is 0.467. The second kappa shape index (κ2) is 5.63. The molecular weight excluding hydrogens is 252 g/mol. The predicted octanol–water partition coefficient (Wildman–Crippen LogP) is 1.32. The van der Waals surface area contributed by atoms with Crippen molar-refractivity contribution in [3.8, 4) is 0 Å². The maximum absolute atomic E-state index is 12.4. The van der Waals surface area contributed by atoms with Crippen molar-refractivity contribution >= 4 is 16.8 Å². The number of nitrogens with zero attached hydrogens (tertiary/aromatic N) is 2. The number of hydrogen-bond acceptors (Lipinski definition) is 3. The first-order valence-corrected chi connectivity index (χ1v) is 7.15. The minimum atomic E-state index is 0.189. The van der Waals surface area contributed by atoms with Gasteiger partial charge in [-0.1, -0.05) is 18.2 Å². The molecule has 2 N–H and O–H groups in total. The van der Waals surface area contributed by atoms with Gasteiger partial charge in [-0.25, -0.2) is 0 Å². The largest absolute Gasteiger partial charge is 0.342 e. The molecule has 5 nitrogen and oxygen atoms in total. The molecule has 2 aromatic rings. The van der Waals surface area contributed by atoms with Gasteiger partial charge in [0.05, 0.1) is 17.6 Å². The summed E-state index contributed by atoms with van der Waals surface area (Å²) in [6, 6.07) is 8.45. The van der Waals surface area contributed by atoms with Crippen LogP contribution in [0.3, 0.4) is 0 Å². The van der Waals surface area contributed by atoms with Crippen LogP contribution in [-0.4, -0.2) is 47.2 Å². The maximum Gasteiger partial charge on any atom is 0.228 e. The van der Waals surface area contributed by atoms with E-state index in [0.717, 1.165) is 42.5 Å². The zero-order valence-electron chi connectivity index (χ0n) is 11.7. The van der Waals surface area contributed by atoms with Gasteiger partial charge in [-0.05, 0) is 26.0 Å². The van der Waals surface area contributed by atoms with Gasteiger partial charge >= 0.3 is 0 Å². The molecule has 0 radical (unpaired) electrons. The summed E-state index contributed by atoms with van der Waals surface area (Å²) in [7, 11) is 1.99. The first-order chi connectivity index (χ1) is 9.78. The zero-order chi connectivity index (χ0) is 13.9. The Hall–Kier alpha value is -1.88. The SMILES string of the molecule is CNC1CCN(C(=O)Cc2[nH]nc3ccccc23)CC1. The molecule has 1 aliphatic rings. The van der Waals surface area contributed by atoms with Gasteiger partial charge in [0.15, 0.2) is 0 Å². The van der Waals surface area contributed by atoms with Gasteiger partial charge in [0.25, 0.3) is 0 Å². The van der Waals surface area contributed by atoms with Crippen LogP contribution in [0.5, 0.6) is 0 Å². The third-order valence-corrected chi connectivity index (χ3v) is 4.12. The highest BCUT2D eigenvalue weighted by Crippen LogP contribution is 2.17. The number of likely N-dealkylation sites (tertiary alicyclic amines) is 1. The van der Waals surface area contributed by atoms with E-state index >= 15 is 0 Å². The van der Waals surface area contributed by atoms with Crippen LogP contribution in [0, 0.1) is 0 Å². The maximum atomic E-state index is 12.4. The van der Waals surface area contributed by atoms with Crippen LogP contribution in [0.25, 0.3) is 10.9 Å². The lowest BCUT2D eigenvalue weighted by Crippen LogP contribution is -2.44. The van der Waals surface area contributed by atoms with E-state index in [2.05, 4.69) is 15.5 Å². The first kappa shape index (κ1) is 13.1. The van der Waals surface area contributed by atoms with Crippen molar-refractivity contribution < 1.29 is 4.79 Å². The molecule has 3 rings (SSSR count). The quantitative estimate of drug-likeness (QED) is 0.886. The molecule has 0 atom stereocenters. The number of para-hydroxylation sites is 1. The van der Waals surface area contributed by atoms with E-state index in [0.29, 0.717) is 12.5 Å². The number of hydrogen-bond donors (Lipinski definition) is 2. The Bertz CT molecular complexity index is 599.